The molecule has 106 valence electrons. The van der Waals surface area contributed by atoms with Gasteiger partial charge in [-0.3, -0.25) is 4.79 Å². The van der Waals surface area contributed by atoms with Gasteiger partial charge < -0.3 is 10.1 Å². The van der Waals surface area contributed by atoms with Crippen molar-refractivity contribution in [3.05, 3.63) is 44.2 Å². The summed E-state index contributed by atoms with van der Waals surface area (Å²) in [7, 11) is 0. The van der Waals surface area contributed by atoms with Crippen LogP contribution in [0.15, 0.2) is 35.7 Å². The van der Waals surface area contributed by atoms with E-state index in [9.17, 15) is 18.0 Å². The third-order valence-electron chi connectivity index (χ3n) is 2.16. The average molecular weight is 413 g/mol. The van der Waals surface area contributed by atoms with E-state index in [1.807, 2.05) is 0 Å². The molecule has 0 aliphatic heterocycles. The quantitative estimate of drug-likeness (QED) is 0.753. The van der Waals surface area contributed by atoms with E-state index in [2.05, 4.69) is 32.6 Å². The van der Waals surface area contributed by atoms with Gasteiger partial charge >= 0.3 is 6.36 Å². The van der Waals surface area contributed by atoms with E-state index in [0.717, 1.165) is 15.0 Å². The molecule has 0 aliphatic rings. The summed E-state index contributed by atoms with van der Waals surface area (Å²) in [5.74, 6) is -0.761. The van der Waals surface area contributed by atoms with Crippen molar-refractivity contribution in [3.8, 4) is 5.75 Å². The monoisotopic (exact) mass is 413 g/mol. The number of amides is 1. The number of nitrogens with one attached hydrogen (secondary N) is 1. The van der Waals surface area contributed by atoms with Gasteiger partial charge in [-0.1, -0.05) is 6.07 Å². The van der Waals surface area contributed by atoms with Gasteiger partial charge in [-0.25, -0.2) is 0 Å². The molecule has 2 aromatic rings. The zero-order chi connectivity index (χ0) is 14.8. The van der Waals surface area contributed by atoms with Crippen LogP contribution in [-0.4, -0.2) is 12.3 Å². The Balaban J connectivity index is 2.10. The van der Waals surface area contributed by atoms with Gasteiger partial charge in [-0.15, -0.1) is 24.5 Å². The molecule has 2 rings (SSSR count). The van der Waals surface area contributed by atoms with Crippen LogP contribution < -0.4 is 10.1 Å². The summed E-state index contributed by atoms with van der Waals surface area (Å²) in [6.07, 6.45) is -4.76. The Morgan fingerprint density at radius 2 is 2.05 bits per heavy atom. The first-order valence-electron chi connectivity index (χ1n) is 5.25. The smallest absolute Gasteiger partial charge is 0.406 e. The van der Waals surface area contributed by atoms with Crippen molar-refractivity contribution >= 4 is 45.5 Å². The molecule has 0 bridgehead atoms. The molecule has 20 heavy (non-hydrogen) atoms. The zero-order valence-corrected chi connectivity index (χ0v) is 12.7. The third kappa shape index (κ3) is 4.37. The second-order valence-corrected chi connectivity index (χ2v) is 6.47. The van der Waals surface area contributed by atoms with Crippen molar-refractivity contribution in [2.75, 3.05) is 5.32 Å². The molecule has 0 saturated carbocycles. The van der Waals surface area contributed by atoms with E-state index in [-0.39, 0.29) is 17.3 Å². The number of thiophene rings is 1. The van der Waals surface area contributed by atoms with Crippen LogP contribution in [0.5, 0.6) is 5.75 Å². The maximum absolute atomic E-state index is 12.1. The molecule has 1 heterocycles. The molecule has 8 heteroatoms. The molecule has 1 aromatic heterocycles. The summed E-state index contributed by atoms with van der Waals surface area (Å²) < 4.78 is 41.0. The largest absolute Gasteiger partial charge is 0.573 e. The lowest BCUT2D eigenvalue weighted by Crippen LogP contribution is -2.17. The predicted octanol–water partition coefficient (Wildman–Crippen LogP) is 4.50. The molecule has 1 amide bonds. The van der Waals surface area contributed by atoms with Gasteiger partial charge in [-0.2, -0.15) is 0 Å². The standard InChI is InChI=1S/C12H7F3INO2S/c13-12(14,15)19-9-3-1-2-8(5-9)17-11(18)7-4-10(16)20-6-7/h1-6H,(H,17,18). The molecular formula is C12H7F3INO2S. The highest BCUT2D eigenvalue weighted by atomic mass is 127. The summed E-state index contributed by atoms with van der Waals surface area (Å²) in [6.45, 7) is 0. The van der Waals surface area contributed by atoms with E-state index >= 15 is 0 Å². The summed E-state index contributed by atoms with van der Waals surface area (Å²) in [4.78, 5) is 11.9. The summed E-state index contributed by atoms with van der Waals surface area (Å²) >= 11 is 3.49. The number of rotatable bonds is 3. The number of halogens is 4. The molecule has 1 N–H and O–H groups in total. The number of benzene rings is 1. The fraction of sp³-hybridized carbons (Fsp3) is 0.0833. The molecule has 0 saturated heterocycles. The molecule has 3 nitrogen and oxygen atoms in total. The first kappa shape index (κ1) is 15.1. The molecule has 0 fully saturated rings. The first-order chi connectivity index (χ1) is 9.33. The lowest BCUT2D eigenvalue weighted by molar-refractivity contribution is -0.274. The van der Waals surface area contributed by atoms with Gasteiger partial charge in [-0.05, 0) is 40.8 Å². The zero-order valence-electron chi connectivity index (χ0n) is 9.70. The number of carbonyl (C=O) groups is 1. The Morgan fingerprint density at radius 3 is 2.65 bits per heavy atom. The minimum absolute atomic E-state index is 0.234. The Labute approximate surface area is 129 Å². The third-order valence-corrected chi connectivity index (χ3v) is 3.94. The van der Waals surface area contributed by atoms with E-state index in [1.165, 1.54) is 23.5 Å². The minimum Gasteiger partial charge on any atom is -0.406 e. The Hall–Kier alpha value is -1.29. The van der Waals surface area contributed by atoms with Crippen molar-refractivity contribution in [3.63, 3.8) is 0 Å². The maximum Gasteiger partial charge on any atom is 0.573 e. The van der Waals surface area contributed by atoms with Crippen molar-refractivity contribution in [2.24, 2.45) is 0 Å². The van der Waals surface area contributed by atoms with Crippen LogP contribution in [-0.2, 0) is 0 Å². The van der Waals surface area contributed by atoms with Crippen LogP contribution in [0.25, 0.3) is 0 Å². The fourth-order valence-corrected chi connectivity index (χ4v) is 2.73. The fourth-order valence-electron chi connectivity index (χ4n) is 1.40. The highest BCUT2D eigenvalue weighted by Gasteiger charge is 2.31. The summed E-state index contributed by atoms with van der Waals surface area (Å²) in [6, 6.07) is 6.82. The molecule has 1 aromatic carbocycles. The maximum atomic E-state index is 12.1. The van der Waals surface area contributed by atoms with Crippen molar-refractivity contribution in [2.45, 2.75) is 6.36 Å². The van der Waals surface area contributed by atoms with Gasteiger partial charge in [0, 0.05) is 17.1 Å². The molecule has 0 atom stereocenters. The topological polar surface area (TPSA) is 38.3 Å². The van der Waals surface area contributed by atoms with Crippen LogP contribution in [0.4, 0.5) is 18.9 Å². The predicted molar refractivity (Wildman–Crippen MR) is 78.1 cm³/mol. The number of ether oxygens (including phenoxy) is 1. The molecule has 0 radical (unpaired) electrons. The van der Waals surface area contributed by atoms with Crippen LogP contribution in [0.2, 0.25) is 0 Å². The number of alkyl halides is 3. The summed E-state index contributed by atoms with van der Waals surface area (Å²) in [5, 5.41) is 4.19. The van der Waals surface area contributed by atoms with E-state index in [0.29, 0.717) is 5.56 Å². The van der Waals surface area contributed by atoms with Crippen LogP contribution in [0.1, 0.15) is 10.4 Å². The van der Waals surface area contributed by atoms with Crippen LogP contribution >= 0.6 is 33.9 Å². The number of carbonyl (C=O) groups excluding carboxylic acids is 1. The van der Waals surface area contributed by atoms with Gasteiger partial charge in [0.1, 0.15) is 5.75 Å². The second-order valence-electron chi connectivity index (χ2n) is 3.67. The molecule has 0 unspecified atom stereocenters. The van der Waals surface area contributed by atoms with Crippen molar-refractivity contribution in [1.29, 1.82) is 0 Å². The lowest BCUT2D eigenvalue weighted by Gasteiger charge is -2.10. The number of anilines is 1. The van der Waals surface area contributed by atoms with Gasteiger partial charge in [0.25, 0.3) is 5.91 Å². The highest BCUT2D eigenvalue weighted by molar-refractivity contribution is 14.1. The number of hydrogen-bond acceptors (Lipinski definition) is 3. The number of hydrogen-bond donors (Lipinski definition) is 1. The van der Waals surface area contributed by atoms with Crippen LogP contribution in [0, 0.1) is 2.88 Å². The second kappa shape index (κ2) is 6.00. The Kier molecular flexibility index (Phi) is 4.53. The SMILES string of the molecule is O=C(Nc1cccc(OC(F)(F)F)c1)c1csc(I)c1. The molecular weight excluding hydrogens is 406 g/mol. The highest BCUT2D eigenvalue weighted by Crippen LogP contribution is 2.25. The normalized spacial score (nSPS) is 11.2. The van der Waals surface area contributed by atoms with Crippen molar-refractivity contribution in [1.82, 2.24) is 0 Å². The van der Waals surface area contributed by atoms with Gasteiger partial charge in [0.05, 0.1) is 8.45 Å². The summed E-state index contributed by atoms with van der Waals surface area (Å²) in [5.41, 5.74) is 0.694. The Bertz CT molecular complexity index is 627. The van der Waals surface area contributed by atoms with Gasteiger partial charge in [0.2, 0.25) is 0 Å². The molecule has 0 spiro atoms. The van der Waals surface area contributed by atoms with Gasteiger partial charge in [0.15, 0.2) is 0 Å². The van der Waals surface area contributed by atoms with E-state index in [4.69, 9.17) is 0 Å². The van der Waals surface area contributed by atoms with E-state index < -0.39 is 6.36 Å². The van der Waals surface area contributed by atoms with E-state index in [1.54, 1.807) is 11.4 Å². The van der Waals surface area contributed by atoms with Crippen LogP contribution in [0.3, 0.4) is 0 Å². The van der Waals surface area contributed by atoms with Crippen molar-refractivity contribution < 1.29 is 22.7 Å². The first-order valence-corrected chi connectivity index (χ1v) is 7.20. The lowest BCUT2D eigenvalue weighted by atomic mass is 10.2. The average Bonchev–Trinajstić information content (AvgIpc) is 2.74. The Morgan fingerprint density at radius 1 is 1.30 bits per heavy atom. The molecule has 0 aliphatic carbocycles. The minimum atomic E-state index is -4.76.